The lowest BCUT2D eigenvalue weighted by molar-refractivity contribution is -0.119. The molecule has 1 N–H and O–H groups in total. The van der Waals surface area contributed by atoms with E-state index in [4.69, 9.17) is 9.47 Å². The molecule has 2 heterocycles. The lowest BCUT2D eigenvalue weighted by Gasteiger charge is -2.35. The number of carbonyl (C=O) groups excluding carboxylic acids is 1. The van der Waals surface area contributed by atoms with Crippen molar-refractivity contribution in [3.8, 4) is 11.5 Å². The predicted molar refractivity (Wildman–Crippen MR) is 110 cm³/mol. The Morgan fingerprint density at radius 2 is 1.89 bits per heavy atom. The molecule has 0 radical (unpaired) electrons. The van der Waals surface area contributed by atoms with Gasteiger partial charge in [0.15, 0.2) is 11.5 Å². The molecule has 1 aliphatic carbocycles. The third kappa shape index (κ3) is 5.51. The highest BCUT2D eigenvalue weighted by Gasteiger charge is 2.23. The molecule has 0 aromatic heterocycles. The first-order valence-corrected chi connectivity index (χ1v) is 10.3. The Morgan fingerprint density at radius 1 is 1.15 bits per heavy atom. The van der Waals surface area contributed by atoms with Crippen molar-refractivity contribution < 1.29 is 15.7 Å². The van der Waals surface area contributed by atoms with Gasteiger partial charge in [-0.2, -0.15) is 0 Å². The maximum Gasteiger partial charge on any atom is 0.231 e. The van der Waals surface area contributed by atoms with E-state index >= 15 is 0 Å². The number of carbonyl (C=O) groups is 1. The van der Waals surface area contributed by atoms with Crippen molar-refractivity contribution in [2.75, 3.05) is 44.4 Å². The summed E-state index contributed by atoms with van der Waals surface area (Å²) in [5.74, 6) is 1.91. The summed E-state index contributed by atoms with van der Waals surface area (Å²) in [7, 11) is 0. The van der Waals surface area contributed by atoms with Gasteiger partial charge in [0.25, 0.3) is 0 Å². The van der Waals surface area contributed by atoms with Gasteiger partial charge >= 0.3 is 0 Å². The van der Waals surface area contributed by atoms with E-state index in [0.29, 0.717) is 12.8 Å². The normalized spacial score (nSPS) is 20.0. The molecule has 1 amide bonds. The summed E-state index contributed by atoms with van der Waals surface area (Å²) >= 11 is 0. The van der Waals surface area contributed by atoms with Gasteiger partial charge in [0, 0.05) is 40.6 Å². The molecule has 27 heavy (non-hydrogen) atoms. The fourth-order valence-corrected chi connectivity index (χ4v) is 4.00. The second-order valence-corrected chi connectivity index (χ2v) is 7.47. The summed E-state index contributed by atoms with van der Waals surface area (Å²) in [5, 5.41) is 2.94. The lowest BCUT2D eigenvalue weighted by atomic mass is 9.95. The number of ether oxygens (including phenoxy) is 2. The fourth-order valence-electron chi connectivity index (χ4n) is 4.00. The molecule has 2 aliphatic heterocycles. The van der Waals surface area contributed by atoms with Gasteiger partial charge in [-0.15, -0.1) is 0 Å². The van der Waals surface area contributed by atoms with E-state index < -0.39 is 0 Å². The van der Waals surface area contributed by atoms with Gasteiger partial charge in [-0.3, -0.25) is 4.79 Å². The quantitative estimate of drug-likeness (QED) is 0.876. The number of piperazine rings is 1. The van der Waals surface area contributed by atoms with Crippen molar-refractivity contribution in [2.45, 2.75) is 52.0 Å². The number of hydrogen-bond donors (Lipinski definition) is 1. The first kappa shape index (κ1) is 19.8. The SMILES string of the molecule is CC(=O)NC1CCCCC1.CCN1CCN(c2cccc3c2OCO3)CC1.[HH]. The Kier molecular flexibility index (Phi) is 7.21. The zero-order valence-electron chi connectivity index (χ0n) is 16.7. The summed E-state index contributed by atoms with van der Waals surface area (Å²) in [4.78, 5) is 15.5. The largest absolute Gasteiger partial charge is 0.454 e. The first-order chi connectivity index (χ1) is 13.2. The van der Waals surface area contributed by atoms with Gasteiger partial charge in [-0.25, -0.2) is 0 Å². The third-order valence-corrected chi connectivity index (χ3v) is 5.55. The Labute approximate surface area is 164 Å². The lowest BCUT2D eigenvalue weighted by Crippen LogP contribution is -2.46. The molecule has 0 unspecified atom stereocenters. The summed E-state index contributed by atoms with van der Waals surface area (Å²) in [6.45, 7) is 9.67. The monoisotopic (exact) mass is 377 g/mol. The molecule has 0 bridgehead atoms. The van der Waals surface area contributed by atoms with Crippen LogP contribution in [0.2, 0.25) is 0 Å². The molecule has 1 aromatic rings. The highest BCUT2D eigenvalue weighted by Crippen LogP contribution is 2.41. The van der Waals surface area contributed by atoms with E-state index in [0.717, 1.165) is 44.2 Å². The third-order valence-electron chi connectivity index (χ3n) is 5.55. The van der Waals surface area contributed by atoms with Gasteiger partial charge in [-0.1, -0.05) is 32.3 Å². The number of hydrogen-bond acceptors (Lipinski definition) is 5. The molecule has 1 saturated carbocycles. The molecular weight excluding hydrogens is 342 g/mol. The van der Waals surface area contributed by atoms with Crippen LogP contribution in [0.25, 0.3) is 0 Å². The number of amides is 1. The Morgan fingerprint density at radius 3 is 2.56 bits per heavy atom. The Hall–Kier alpha value is -1.95. The van der Waals surface area contributed by atoms with Crippen molar-refractivity contribution in [2.24, 2.45) is 0 Å². The molecule has 1 aromatic carbocycles. The zero-order valence-corrected chi connectivity index (χ0v) is 16.7. The van der Waals surface area contributed by atoms with Crippen LogP contribution >= 0.6 is 0 Å². The maximum absolute atomic E-state index is 10.6. The number of nitrogens with zero attached hydrogens (tertiary/aromatic N) is 2. The van der Waals surface area contributed by atoms with Gasteiger partial charge in [-0.05, 0) is 31.5 Å². The van der Waals surface area contributed by atoms with E-state index in [2.05, 4.69) is 28.1 Å². The summed E-state index contributed by atoms with van der Waals surface area (Å²) < 4.78 is 11.0. The molecule has 0 atom stereocenters. The van der Waals surface area contributed by atoms with E-state index in [1.54, 1.807) is 6.92 Å². The van der Waals surface area contributed by atoms with Crippen LogP contribution in [0.3, 0.4) is 0 Å². The number of anilines is 1. The molecule has 152 valence electrons. The van der Waals surface area contributed by atoms with Crippen LogP contribution in [-0.2, 0) is 4.79 Å². The van der Waals surface area contributed by atoms with Crippen LogP contribution in [0.4, 0.5) is 5.69 Å². The van der Waals surface area contributed by atoms with Crippen molar-refractivity contribution in [3.63, 3.8) is 0 Å². The summed E-state index contributed by atoms with van der Waals surface area (Å²) in [6.07, 6.45) is 6.27. The molecule has 6 heteroatoms. The molecule has 4 rings (SSSR count). The van der Waals surface area contributed by atoms with E-state index in [1.165, 1.54) is 37.8 Å². The number of nitrogens with one attached hydrogen (secondary N) is 1. The van der Waals surface area contributed by atoms with Crippen molar-refractivity contribution in [1.82, 2.24) is 10.2 Å². The topological polar surface area (TPSA) is 54.0 Å². The van der Waals surface area contributed by atoms with E-state index in [-0.39, 0.29) is 7.33 Å². The minimum atomic E-state index is 0. The molecule has 2 fully saturated rings. The van der Waals surface area contributed by atoms with Gasteiger partial charge in [0.1, 0.15) is 0 Å². The minimum Gasteiger partial charge on any atom is -0.454 e. The van der Waals surface area contributed by atoms with Crippen molar-refractivity contribution in [3.05, 3.63) is 18.2 Å². The summed E-state index contributed by atoms with van der Waals surface area (Å²) in [5.41, 5.74) is 1.18. The number of fused-ring (bicyclic) bond motifs is 1. The zero-order chi connectivity index (χ0) is 19.1. The van der Waals surface area contributed by atoms with Gasteiger partial charge in [0.2, 0.25) is 12.7 Å². The van der Waals surface area contributed by atoms with Gasteiger partial charge < -0.3 is 24.6 Å². The molecule has 0 spiro atoms. The van der Waals surface area contributed by atoms with E-state index in [9.17, 15) is 4.79 Å². The fraction of sp³-hybridized carbons (Fsp3) is 0.667. The minimum absolute atomic E-state index is 0. The van der Waals surface area contributed by atoms with Crippen molar-refractivity contribution in [1.29, 1.82) is 0 Å². The standard InChI is InChI=1S/C13H18N2O2.C8H15NO.H2/c1-2-14-6-8-15(9-7-14)11-4-3-5-12-13(11)17-10-16-12;1-7(10)9-8-5-3-2-4-6-8;/h3-5H,2,6-10H2,1H3;8H,2-6H2,1H3,(H,9,10);1H. The van der Waals surface area contributed by atoms with Crippen molar-refractivity contribution >= 4 is 11.6 Å². The highest BCUT2D eigenvalue weighted by atomic mass is 16.7. The van der Waals surface area contributed by atoms with Crippen LogP contribution in [0, 0.1) is 0 Å². The van der Waals surface area contributed by atoms with Crippen LogP contribution in [0.1, 0.15) is 47.4 Å². The van der Waals surface area contributed by atoms with Gasteiger partial charge in [0.05, 0.1) is 5.69 Å². The number of likely N-dealkylation sites (N-methyl/N-ethyl adjacent to an activating group) is 1. The number of rotatable bonds is 3. The molecule has 6 nitrogen and oxygen atoms in total. The molecule has 1 saturated heterocycles. The Balaban J connectivity index is 0.000000221. The average Bonchev–Trinajstić information content (AvgIpc) is 3.18. The predicted octanol–water partition coefficient (Wildman–Crippen LogP) is 3.26. The first-order valence-electron chi connectivity index (χ1n) is 10.3. The second kappa shape index (κ2) is 9.83. The highest BCUT2D eigenvalue weighted by molar-refractivity contribution is 5.73. The second-order valence-electron chi connectivity index (χ2n) is 7.47. The summed E-state index contributed by atoms with van der Waals surface area (Å²) in [6, 6.07) is 6.60. The van der Waals surface area contributed by atoms with E-state index in [1.807, 2.05) is 12.1 Å². The van der Waals surface area contributed by atoms with Crippen LogP contribution in [0.15, 0.2) is 18.2 Å². The average molecular weight is 378 g/mol. The van der Waals surface area contributed by atoms with Crippen LogP contribution in [-0.4, -0.2) is 56.4 Å². The number of benzene rings is 1. The smallest absolute Gasteiger partial charge is 0.231 e. The maximum atomic E-state index is 10.6. The van der Waals surface area contributed by atoms with Crippen LogP contribution < -0.4 is 19.7 Å². The van der Waals surface area contributed by atoms with Crippen LogP contribution in [0.5, 0.6) is 11.5 Å². The molecular formula is C21H35N3O3. The number of para-hydroxylation sites is 1. The Bertz CT molecular complexity index is 615. The molecule has 3 aliphatic rings.